The van der Waals surface area contributed by atoms with Crippen LogP contribution in [0.3, 0.4) is 0 Å². The molecule has 5 nitrogen and oxygen atoms in total. The number of rotatable bonds is 2. The summed E-state index contributed by atoms with van der Waals surface area (Å²) in [5.74, 6) is 0.786. The maximum absolute atomic E-state index is 12.5. The van der Waals surface area contributed by atoms with Gasteiger partial charge < -0.3 is 5.73 Å². The molecule has 1 saturated heterocycles. The summed E-state index contributed by atoms with van der Waals surface area (Å²) in [4.78, 5) is 0.223. The average Bonchev–Trinajstić information content (AvgIpc) is 2.34. The average molecular weight is 367 g/mol. The van der Waals surface area contributed by atoms with Gasteiger partial charge in [0.2, 0.25) is 10.0 Å². The second kappa shape index (κ2) is 5.51. The highest BCUT2D eigenvalue weighted by molar-refractivity contribution is 9.10. The SMILES string of the molecule is Cc1cc(Br)c(N)cc1S(=O)(=O)N1CCS(=O)CC1. The van der Waals surface area contributed by atoms with E-state index in [9.17, 15) is 12.6 Å². The number of nitrogens with two attached hydrogens (primary N) is 1. The molecule has 106 valence electrons. The molecule has 0 aliphatic carbocycles. The Labute approximate surface area is 123 Å². The molecule has 2 rings (SSSR count). The lowest BCUT2D eigenvalue weighted by atomic mass is 10.2. The van der Waals surface area contributed by atoms with Crippen LogP contribution >= 0.6 is 15.9 Å². The Morgan fingerprint density at radius 1 is 1.32 bits per heavy atom. The van der Waals surface area contributed by atoms with Gasteiger partial charge in [-0.3, -0.25) is 4.21 Å². The van der Waals surface area contributed by atoms with Crippen molar-refractivity contribution >= 4 is 42.4 Å². The number of anilines is 1. The van der Waals surface area contributed by atoms with E-state index in [0.717, 1.165) is 0 Å². The fourth-order valence-corrected chi connectivity index (χ4v) is 5.37. The van der Waals surface area contributed by atoms with Crippen LogP contribution in [0.5, 0.6) is 0 Å². The number of benzene rings is 1. The van der Waals surface area contributed by atoms with Gasteiger partial charge in [-0.25, -0.2) is 8.42 Å². The van der Waals surface area contributed by atoms with Crippen molar-refractivity contribution in [3.05, 3.63) is 22.2 Å². The first-order valence-electron chi connectivity index (χ1n) is 5.73. The molecule has 0 saturated carbocycles. The van der Waals surface area contributed by atoms with Crippen LogP contribution < -0.4 is 5.73 Å². The van der Waals surface area contributed by atoms with E-state index in [0.29, 0.717) is 40.3 Å². The van der Waals surface area contributed by atoms with Gasteiger partial charge in [0, 0.05) is 45.6 Å². The molecule has 1 aromatic rings. The quantitative estimate of drug-likeness (QED) is 0.794. The normalized spacial score (nSPS) is 18.6. The highest BCUT2D eigenvalue weighted by Crippen LogP contribution is 2.28. The molecule has 1 aliphatic heterocycles. The Hall–Kier alpha value is -0.440. The van der Waals surface area contributed by atoms with Crippen LogP contribution in [-0.2, 0) is 20.8 Å². The Bertz CT molecular complexity index is 621. The first-order valence-corrected chi connectivity index (χ1v) is 9.45. The molecule has 8 heteroatoms. The van der Waals surface area contributed by atoms with Gasteiger partial charge in [0.05, 0.1) is 4.90 Å². The van der Waals surface area contributed by atoms with E-state index in [1.165, 1.54) is 10.4 Å². The summed E-state index contributed by atoms with van der Waals surface area (Å²) < 4.78 is 38.4. The molecule has 19 heavy (non-hydrogen) atoms. The van der Waals surface area contributed by atoms with Crippen molar-refractivity contribution in [2.75, 3.05) is 30.3 Å². The monoisotopic (exact) mass is 366 g/mol. The second-order valence-corrected chi connectivity index (χ2v) is 8.85. The maximum atomic E-state index is 12.5. The molecule has 1 fully saturated rings. The standard InChI is InChI=1S/C11H15BrN2O3S2/c1-8-6-9(12)10(13)7-11(8)19(16,17)14-2-4-18(15)5-3-14/h6-7H,2-5,13H2,1H3. The molecule has 0 radical (unpaired) electrons. The summed E-state index contributed by atoms with van der Waals surface area (Å²) in [6.07, 6.45) is 0. The lowest BCUT2D eigenvalue weighted by Crippen LogP contribution is -2.41. The Balaban J connectivity index is 2.40. The van der Waals surface area contributed by atoms with E-state index in [1.54, 1.807) is 13.0 Å². The second-order valence-electron chi connectivity index (χ2n) is 4.39. The van der Waals surface area contributed by atoms with Crippen LogP contribution in [0.4, 0.5) is 5.69 Å². The highest BCUT2D eigenvalue weighted by atomic mass is 79.9. The number of halogens is 1. The van der Waals surface area contributed by atoms with Crippen molar-refractivity contribution in [2.45, 2.75) is 11.8 Å². The zero-order chi connectivity index (χ0) is 14.2. The van der Waals surface area contributed by atoms with Crippen LogP contribution in [0.2, 0.25) is 0 Å². The van der Waals surface area contributed by atoms with Crippen molar-refractivity contribution in [3.63, 3.8) is 0 Å². The van der Waals surface area contributed by atoms with Crippen molar-refractivity contribution in [3.8, 4) is 0 Å². The van der Waals surface area contributed by atoms with Gasteiger partial charge in [-0.1, -0.05) is 0 Å². The Kier molecular flexibility index (Phi) is 4.34. The van der Waals surface area contributed by atoms with Crippen LogP contribution in [0.1, 0.15) is 5.56 Å². The molecule has 0 aromatic heterocycles. The first kappa shape index (κ1) is 15.0. The van der Waals surface area contributed by atoms with Crippen molar-refractivity contribution in [2.24, 2.45) is 0 Å². The molecule has 2 N–H and O–H groups in total. The van der Waals surface area contributed by atoms with Crippen LogP contribution in [0.25, 0.3) is 0 Å². The minimum Gasteiger partial charge on any atom is -0.398 e. The minimum atomic E-state index is -3.56. The molecule has 1 aliphatic rings. The summed E-state index contributed by atoms with van der Waals surface area (Å²) >= 11 is 3.28. The van der Waals surface area contributed by atoms with Gasteiger partial charge >= 0.3 is 0 Å². The molecule has 1 aromatic carbocycles. The zero-order valence-electron chi connectivity index (χ0n) is 10.4. The zero-order valence-corrected chi connectivity index (χ0v) is 13.6. The van der Waals surface area contributed by atoms with Gasteiger partial charge in [0.15, 0.2) is 0 Å². The number of sulfonamides is 1. The fraction of sp³-hybridized carbons (Fsp3) is 0.455. The van der Waals surface area contributed by atoms with Crippen molar-refractivity contribution in [1.29, 1.82) is 0 Å². The summed E-state index contributed by atoms with van der Waals surface area (Å²) in [6.45, 7) is 2.33. The molecule has 0 spiro atoms. The van der Waals surface area contributed by atoms with E-state index < -0.39 is 20.8 Å². The smallest absolute Gasteiger partial charge is 0.243 e. The maximum Gasteiger partial charge on any atom is 0.243 e. The third-order valence-electron chi connectivity index (χ3n) is 3.05. The van der Waals surface area contributed by atoms with Gasteiger partial charge in [-0.05, 0) is 40.5 Å². The van der Waals surface area contributed by atoms with E-state index in [4.69, 9.17) is 5.73 Å². The first-order chi connectivity index (χ1) is 8.82. The molecule has 0 bridgehead atoms. The predicted octanol–water partition coefficient (Wildman–Crippen LogP) is 1.09. The molecule has 0 amide bonds. The number of aryl methyl sites for hydroxylation is 1. The highest BCUT2D eigenvalue weighted by Gasteiger charge is 2.29. The van der Waals surface area contributed by atoms with Gasteiger partial charge in [-0.15, -0.1) is 0 Å². The number of hydrogen-bond donors (Lipinski definition) is 1. The Morgan fingerprint density at radius 3 is 2.47 bits per heavy atom. The molecular weight excluding hydrogens is 352 g/mol. The van der Waals surface area contributed by atoms with Gasteiger partial charge in [0.1, 0.15) is 0 Å². The van der Waals surface area contributed by atoms with E-state index in [2.05, 4.69) is 15.9 Å². The summed E-state index contributed by atoms with van der Waals surface area (Å²) in [5.41, 5.74) is 6.80. The summed E-state index contributed by atoms with van der Waals surface area (Å²) in [5, 5.41) is 0. The fourth-order valence-electron chi connectivity index (χ4n) is 1.95. The van der Waals surface area contributed by atoms with Crippen molar-refractivity contribution < 1.29 is 12.6 Å². The molecule has 0 atom stereocenters. The summed E-state index contributed by atoms with van der Waals surface area (Å²) in [6, 6.07) is 3.17. The van der Waals surface area contributed by atoms with Crippen LogP contribution in [0.15, 0.2) is 21.5 Å². The van der Waals surface area contributed by atoms with Crippen LogP contribution in [-0.4, -0.2) is 41.5 Å². The van der Waals surface area contributed by atoms with E-state index in [-0.39, 0.29) is 4.90 Å². The predicted molar refractivity (Wildman–Crippen MR) is 79.9 cm³/mol. The molecule has 1 heterocycles. The number of nitrogens with zero attached hydrogens (tertiary/aromatic N) is 1. The Morgan fingerprint density at radius 2 is 1.89 bits per heavy atom. The lowest BCUT2D eigenvalue weighted by molar-refractivity contribution is 0.438. The van der Waals surface area contributed by atoms with E-state index >= 15 is 0 Å². The van der Waals surface area contributed by atoms with E-state index in [1.807, 2.05) is 0 Å². The van der Waals surface area contributed by atoms with Gasteiger partial charge in [0.25, 0.3) is 0 Å². The molecule has 0 unspecified atom stereocenters. The molecular formula is C11H15BrN2O3S2. The van der Waals surface area contributed by atoms with Gasteiger partial charge in [-0.2, -0.15) is 4.31 Å². The number of nitrogen functional groups attached to an aromatic ring is 1. The minimum absolute atomic E-state index is 0.223. The summed E-state index contributed by atoms with van der Waals surface area (Å²) in [7, 11) is -4.46. The lowest BCUT2D eigenvalue weighted by Gasteiger charge is -2.26. The van der Waals surface area contributed by atoms with Crippen LogP contribution in [0, 0.1) is 6.92 Å². The third kappa shape index (κ3) is 3.01. The topological polar surface area (TPSA) is 80.5 Å². The van der Waals surface area contributed by atoms with Crippen molar-refractivity contribution in [1.82, 2.24) is 4.31 Å². The third-order valence-corrected chi connectivity index (χ3v) is 7.05. The largest absolute Gasteiger partial charge is 0.398 e. The number of hydrogen-bond acceptors (Lipinski definition) is 4.